The minimum Gasteiger partial charge on any atom is -0.355 e. The summed E-state index contributed by atoms with van der Waals surface area (Å²) in [6.45, 7) is 3.65. The lowest BCUT2D eigenvalue weighted by molar-refractivity contribution is -0.126. The second-order valence-electron chi connectivity index (χ2n) is 6.67. The Kier molecular flexibility index (Phi) is 6.09. The summed E-state index contributed by atoms with van der Waals surface area (Å²) >= 11 is 1.63. The number of hydrogen-bond acceptors (Lipinski definition) is 6. The number of piperidine rings is 2. The van der Waals surface area contributed by atoms with Crippen LogP contribution in [0.1, 0.15) is 25.7 Å². The van der Waals surface area contributed by atoms with Crippen molar-refractivity contribution in [1.82, 2.24) is 20.6 Å². The van der Waals surface area contributed by atoms with Crippen molar-refractivity contribution >= 4 is 45.7 Å². The molecule has 2 saturated heterocycles. The highest BCUT2D eigenvalue weighted by molar-refractivity contribution is 7.16. The molecule has 4 rings (SSSR count). The van der Waals surface area contributed by atoms with Crippen LogP contribution < -0.4 is 15.5 Å². The smallest absolute Gasteiger partial charge is 0.225 e. The Hall–Kier alpha value is -1.44. The van der Waals surface area contributed by atoms with Crippen LogP contribution in [-0.4, -0.2) is 48.1 Å². The largest absolute Gasteiger partial charge is 0.355 e. The van der Waals surface area contributed by atoms with Crippen LogP contribution >= 0.6 is 23.7 Å². The number of aromatic nitrogens is 2. The van der Waals surface area contributed by atoms with E-state index >= 15 is 0 Å². The summed E-state index contributed by atoms with van der Waals surface area (Å²) < 4.78 is 0. The highest BCUT2D eigenvalue weighted by atomic mass is 35.5. The molecule has 0 radical (unpaired) electrons. The maximum absolute atomic E-state index is 12.7. The van der Waals surface area contributed by atoms with Gasteiger partial charge in [-0.05, 0) is 43.7 Å². The van der Waals surface area contributed by atoms with Crippen molar-refractivity contribution in [3.63, 3.8) is 0 Å². The topological polar surface area (TPSA) is 70.2 Å². The van der Waals surface area contributed by atoms with Crippen LogP contribution in [-0.2, 0) is 4.79 Å². The minimum atomic E-state index is 0. The van der Waals surface area contributed by atoms with E-state index in [1.807, 2.05) is 5.38 Å². The van der Waals surface area contributed by atoms with E-state index in [9.17, 15) is 4.79 Å². The molecule has 1 amide bonds. The molecule has 2 atom stereocenters. The van der Waals surface area contributed by atoms with Gasteiger partial charge in [0, 0.05) is 25.7 Å². The number of hydrogen-bond donors (Lipinski definition) is 2. The van der Waals surface area contributed by atoms with Gasteiger partial charge in [0.05, 0.1) is 11.3 Å². The monoisotopic (exact) mass is 381 g/mol. The van der Waals surface area contributed by atoms with Gasteiger partial charge in [-0.3, -0.25) is 4.79 Å². The molecule has 0 aliphatic carbocycles. The molecule has 0 spiro atoms. The fourth-order valence-electron chi connectivity index (χ4n) is 3.71. The second-order valence-corrected chi connectivity index (χ2v) is 7.57. The lowest BCUT2D eigenvalue weighted by Crippen LogP contribution is -2.50. The van der Waals surface area contributed by atoms with Gasteiger partial charge in [0.1, 0.15) is 17.0 Å². The lowest BCUT2D eigenvalue weighted by atomic mass is 9.96. The molecule has 4 heterocycles. The number of nitrogens with one attached hydrogen (secondary N) is 2. The molecule has 8 heteroatoms. The first-order chi connectivity index (χ1) is 11.8. The molecule has 6 nitrogen and oxygen atoms in total. The Morgan fingerprint density at radius 1 is 1.32 bits per heavy atom. The van der Waals surface area contributed by atoms with Crippen molar-refractivity contribution in [2.75, 3.05) is 31.1 Å². The minimum absolute atomic E-state index is 0. The average Bonchev–Trinajstić information content (AvgIpc) is 3.11. The average molecular weight is 382 g/mol. The number of nitrogens with zero attached hydrogens (tertiary/aromatic N) is 3. The fraction of sp³-hybridized carbons (Fsp3) is 0.588. The number of carbonyl (C=O) groups excluding carboxylic acids is 1. The van der Waals surface area contributed by atoms with Crippen molar-refractivity contribution in [2.45, 2.75) is 31.7 Å². The van der Waals surface area contributed by atoms with Crippen LogP contribution in [0.3, 0.4) is 0 Å². The Bertz CT molecular complexity index is 718. The van der Waals surface area contributed by atoms with E-state index in [0.29, 0.717) is 0 Å². The molecule has 25 heavy (non-hydrogen) atoms. The molecule has 2 aromatic rings. The van der Waals surface area contributed by atoms with Gasteiger partial charge in [-0.25, -0.2) is 9.97 Å². The zero-order valence-corrected chi connectivity index (χ0v) is 15.7. The van der Waals surface area contributed by atoms with Crippen LogP contribution in [0.25, 0.3) is 10.2 Å². The Balaban J connectivity index is 0.00000182. The molecule has 2 aliphatic heterocycles. The van der Waals surface area contributed by atoms with Gasteiger partial charge in [-0.1, -0.05) is 0 Å². The zero-order chi connectivity index (χ0) is 16.4. The molecule has 0 saturated carbocycles. The first-order valence-corrected chi connectivity index (χ1v) is 9.63. The van der Waals surface area contributed by atoms with Gasteiger partial charge in [-0.2, -0.15) is 0 Å². The van der Waals surface area contributed by atoms with Gasteiger partial charge < -0.3 is 15.5 Å². The Morgan fingerprint density at radius 2 is 2.24 bits per heavy atom. The predicted octanol–water partition coefficient (Wildman–Crippen LogP) is 2.20. The van der Waals surface area contributed by atoms with Gasteiger partial charge in [0.25, 0.3) is 0 Å². The molecule has 136 valence electrons. The number of rotatable bonds is 3. The summed E-state index contributed by atoms with van der Waals surface area (Å²) in [4.78, 5) is 24.7. The molecule has 2 unspecified atom stereocenters. The van der Waals surface area contributed by atoms with Gasteiger partial charge in [-0.15, -0.1) is 23.7 Å². The van der Waals surface area contributed by atoms with E-state index in [1.54, 1.807) is 17.7 Å². The third-order valence-electron chi connectivity index (χ3n) is 4.98. The van der Waals surface area contributed by atoms with E-state index in [-0.39, 0.29) is 30.3 Å². The molecule has 0 bridgehead atoms. The fourth-order valence-corrected chi connectivity index (χ4v) is 4.43. The number of halogens is 1. The number of thiophene rings is 1. The van der Waals surface area contributed by atoms with Gasteiger partial charge in [0.2, 0.25) is 5.91 Å². The number of fused-ring (bicyclic) bond motifs is 1. The number of anilines is 1. The zero-order valence-electron chi connectivity index (χ0n) is 14.1. The van der Waals surface area contributed by atoms with Crippen molar-refractivity contribution in [3.8, 4) is 0 Å². The summed E-state index contributed by atoms with van der Waals surface area (Å²) in [6, 6.07) is 2.36. The maximum atomic E-state index is 12.7. The maximum Gasteiger partial charge on any atom is 0.225 e. The van der Waals surface area contributed by atoms with E-state index in [0.717, 1.165) is 67.9 Å². The van der Waals surface area contributed by atoms with E-state index < -0.39 is 0 Å². The Morgan fingerprint density at radius 3 is 3.08 bits per heavy atom. The molecule has 2 aliphatic rings. The molecular weight excluding hydrogens is 358 g/mol. The molecular formula is C17H24ClN5OS. The van der Waals surface area contributed by atoms with E-state index in [1.165, 1.54) is 0 Å². The van der Waals surface area contributed by atoms with Crippen LogP contribution in [0.4, 0.5) is 5.82 Å². The summed E-state index contributed by atoms with van der Waals surface area (Å²) in [5, 5.41) is 9.73. The standard InChI is InChI=1S/C17H23N5OS.ClH/c23-16(21-13-4-1-6-18-9-13)12-3-2-7-22(10-12)15-14-5-8-24-17(14)20-11-19-15;/h5,8,11-13,18H,1-4,6-7,9-10H2,(H,21,23);1H. The summed E-state index contributed by atoms with van der Waals surface area (Å²) in [5.41, 5.74) is 0. The number of carbonyl (C=O) groups is 1. The van der Waals surface area contributed by atoms with Crippen molar-refractivity contribution in [3.05, 3.63) is 17.8 Å². The predicted molar refractivity (Wildman–Crippen MR) is 104 cm³/mol. The highest BCUT2D eigenvalue weighted by Crippen LogP contribution is 2.30. The molecule has 0 aromatic carbocycles. The van der Waals surface area contributed by atoms with Crippen LogP contribution in [0.5, 0.6) is 0 Å². The first-order valence-electron chi connectivity index (χ1n) is 8.75. The molecule has 2 aromatic heterocycles. The van der Waals surface area contributed by atoms with Crippen LogP contribution in [0.15, 0.2) is 17.8 Å². The lowest BCUT2D eigenvalue weighted by Gasteiger charge is -2.34. The SMILES string of the molecule is Cl.O=C(NC1CCCNC1)C1CCCN(c2ncnc3sccc23)C1. The van der Waals surface area contributed by atoms with Crippen LogP contribution in [0.2, 0.25) is 0 Å². The molecule has 2 fully saturated rings. The summed E-state index contributed by atoms with van der Waals surface area (Å²) in [6.07, 6.45) is 5.83. The highest BCUT2D eigenvalue weighted by Gasteiger charge is 2.29. The summed E-state index contributed by atoms with van der Waals surface area (Å²) in [5.74, 6) is 1.21. The Labute approximate surface area is 157 Å². The van der Waals surface area contributed by atoms with Gasteiger partial charge >= 0.3 is 0 Å². The van der Waals surface area contributed by atoms with Crippen LogP contribution in [0, 0.1) is 5.92 Å². The van der Waals surface area contributed by atoms with Crippen molar-refractivity contribution < 1.29 is 4.79 Å². The van der Waals surface area contributed by atoms with Crippen molar-refractivity contribution in [2.24, 2.45) is 5.92 Å². The first kappa shape index (κ1) is 18.4. The van der Waals surface area contributed by atoms with Crippen molar-refractivity contribution in [1.29, 1.82) is 0 Å². The quantitative estimate of drug-likeness (QED) is 0.852. The van der Waals surface area contributed by atoms with E-state index in [4.69, 9.17) is 0 Å². The number of amides is 1. The molecule has 2 N–H and O–H groups in total. The van der Waals surface area contributed by atoms with Gasteiger partial charge in [0.15, 0.2) is 0 Å². The summed E-state index contributed by atoms with van der Waals surface area (Å²) in [7, 11) is 0. The second kappa shape index (κ2) is 8.29. The van der Waals surface area contributed by atoms with E-state index in [2.05, 4.69) is 31.6 Å². The third kappa shape index (κ3) is 4.04. The normalized spacial score (nSPS) is 23.9. The third-order valence-corrected chi connectivity index (χ3v) is 5.80.